The van der Waals surface area contributed by atoms with Gasteiger partial charge >= 0.3 is 5.97 Å². The first kappa shape index (κ1) is 11.2. The highest BCUT2D eigenvalue weighted by Crippen LogP contribution is 2.21. The molecule has 1 rings (SSSR count). The van der Waals surface area contributed by atoms with Crippen molar-refractivity contribution in [2.24, 2.45) is 0 Å². The van der Waals surface area contributed by atoms with E-state index in [9.17, 15) is 9.59 Å². The third kappa shape index (κ3) is 2.15. The quantitative estimate of drug-likeness (QED) is 0.587. The maximum Gasteiger partial charge on any atom is 0.335 e. The zero-order valence-corrected chi connectivity index (χ0v) is 8.69. The molecule has 1 N–H and O–H groups in total. The van der Waals surface area contributed by atoms with Crippen LogP contribution in [0.15, 0.2) is 30.3 Å². The Kier molecular flexibility index (Phi) is 3.44. The van der Waals surface area contributed by atoms with E-state index in [0.717, 1.165) is 0 Å². The first-order chi connectivity index (χ1) is 7.15. The molecule has 4 nitrogen and oxygen atoms in total. The van der Waals surface area contributed by atoms with Crippen molar-refractivity contribution in [2.45, 2.75) is 12.5 Å². The van der Waals surface area contributed by atoms with E-state index in [4.69, 9.17) is 0 Å². The van der Waals surface area contributed by atoms with Gasteiger partial charge in [0, 0.05) is 0 Å². The lowest BCUT2D eigenvalue weighted by molar-refractivity contribution is -0.149. The van der Waals surface area contributed by atoms with Crippen LogP contribution in [0.4, 0.5) is 0 Å². The molecule has 80 valence electrons. The molecule has 0 aromatic heterocycles. The molecule has 4 heteroatoms. The van der Waals surface area contributed by atoms with Gasteiger partial charge in [-0.1, -0.05) is 30.3 Å². The van der Waals surface area contributed by atoms with Crippen LogP contribution in [-0.2, 0) is 19.9 Å². The Balaban J connectivity index is 3.12. The number of benzene rings is 1. The number of rotatable bonds is 4. The summed E-state index contributed by atoms with van der Waals surface area (Å²) in [7, 11) is 1.29. The van der Waals surface area contributed by atoms with Gasteiger partial charge in [-0.3, -0.25) is 4.79 Å². The predicted molar refractivity (Wildman–Crippen MR) is 55.0 cm³/mol. The second-order valence-corrected chi connectivity index (χ2v) is 3.24. The molecule has 0 saturated heterocycles. The van der Waals surface area contributed by atoms with Crippen LogP contribution >= 0.6 is 0 Å². The molecule has 0 bridgehead atoms. The second kappa shape index (κ2) is 4.59. The summed E-state index contributed by atoms with van der Waals surface area (Å²) in [5.74, 6) is -0.499. The lowest BCUT2D eigenvalue weighted by Crippen LogP contribution is -2.46. The molecule has 0 fully saturated rings. The average Bonchev–Trinajstić information content (AvgIpc) is 2.29. The maximum absolute atomic E-state index is 11.6. The number of ether oxygens (including phenoxy) is 1. The fourth-order valence-corrected chi connectivity index (χ4v) is 1.35. The van der Waals surface area contributed by atoms with Gasteiger partial charge in [-0.2, -0.15) is 0 Å². The van der Waals surface area contributed by atoms with Crippen molar-refractivity contribution in [3.8, 4) is 0 Å². The zero-order valence-electron chi connectivity index (χ0n) is 8.69. The van der Waals surface area contributed by atoms with Crippen LogP contribution in [0.5, 0.6) is 0 Å². The molecule has 1 amide bonds. The topological polar surface area (TPSA) is 55.4 Å². The van der Waals surface area contributed by atoms with E-state index < -0.39 is 11.5 Å². The minimum absolute atomic E-state index is 0.490. The van der Waals surface area contributed by atoms with Gasteiger partial charge in [-0.15, -0.1) is 0 Å². The van der Waals surface area contributed by atoms with E-state index in [1.165, 1.54) is 7.11 Å². The van der Waals surface area contributed by atoms with E-state index >= 15 is 0 Å². The Morgan fingerprint density at radius 2 is 2.00 bits per heavy atom. The molecule has 15 heavy (non-hydrogen) atoms. The lowest BCUT2D eigenvalue weighted by Gasteiger charge is -2.26. The van der Waals surface area contributed by atoms with E-state index in [1.807, 2.05) is 6.07 Å². The monoisotopic (exact) mass is 207 g/mol. The third-order valence-corrected chi connectivity index (χ3v) is 2.29. The van der Waals surface area contributed by atoms with Crippen molar-refractivity contribution >= 4 is 12.4 Å². The molecule has 0 unspecified atom stereocenters. The molecule has 0 spiro atoms. The standard InChI is InChI=1S/C11H13NO3/c1-11(12-8-13,10(14)15-2)9-6-4-3-5-7-9/h3-8H,1-2H3,(H,12,13)/t11-/m0/s1. The number of amides is 1. The Morgan fingerprint density at radius 3 is 2.47 bits per heavy atom. The van der Waals surface area contributed by atoms with Crippen molar-refractivity contribution in [3.05, 3.63) is 35.9 Å². The number of hydrogen-bond acceptors (Lipinski definition) is 3. The normalized spacial score (nSPS) is 13.7. The van der Waals surface area contributed by atoms with Gasteiger partial charge in [0.2, 0.25) is 6.41 Å². The largest absolute Gasteiger partial charge is 0.467 e. The Labute approximate surface area is 88.2 Å². The van der Waals surface area contributed by atoms with Crippen molar-refractivity contribution in [3.63, 3.8) is 0 Å². The first-order valence-electron chi connectivity index (χ1n) is 4.50. The fraction of sp³-hybridized carbons (Fsp3) is 0.273. The number of esters is 1. The van der Waals surface area contributed by atoms with Crippen LogP contribution in [0.3, 0.4) is 0 Å². The van der Waals surface area contributed by atoms with E-state index in [2.05, 4.69) is 10.1 Å². The fourth-order valence-electron chi connectivity index (χ4n) is 1.35. The minimum atomic E-state index is -1.13. The van der Waals surface area contributed by atoms with Crippen LogP contribution in [-0.4, -0.2) is 19.5 Å². The average molecular weight is 207 g/mol. The third-order valence-electron chi connectivity index (χ3n) is 2.29. The molecule has 0 aliphatic carbocycles. The van der Waals surface area contributed by atoms with Gasteiger partial charge < -0.3 is 10.1 Å². The summed E-state index contributed by atoms with van der Waals surface area (Å²) in [4.78, 5) is 22.1. The maximum atomic E-state index is 11.6. The van der Waals surface area contributed by atoms with Crippen LogP contribution in [0.2, 0.25) is 0 Å². The highest BCUT2D eigenvalue weighted by Gasteiger charge is 2.35. The van der Waals surface area contributed by atoms with Crippen LogP contribution in [0.25, 0.3) is 0 Å². The summed E-state index contributed by atoms with van der Waals surface area (Å²) in [6.45, 7) is 1.60. The number of carbonyl (C=O) groups excluding carboxylic acids is 2. The summed E-state index contributed by atoms with van der Waals surface area (Å²) in [5.41, 5.74) is -0.443. The zero-order chi connectivity index (χ0) is 11.3. The van der Waals surface area contributed by atoms with Crippen LogP contribution in [0.1, 0.15) is 12.5 Å². The summed E-state index contributed by atoms with van der Waals surface area (Å²) in [5, 5.41) is 2.47. The molecule has 1 aromatic rings. The number of carbonyl (C=O) groups is 2. The lowest BCUT2D eigenvalue weighted by atomic mass is 9.92. The van der Waals surface area contributed by atoms with E-state index in [0.29, 0.717) is 12.0 Å². The Morgan fingerprint density at radius 1 is 1.40 bits per heavy atom. The molecule has 1 atom stereocenters. The molecule has 0 saturated carbocycles. The molecular weight excluding hydrogens is 194 g/mol. The Bertz CT molecular complexity index is 350. The van der Waals surface area contributed by atoms with Crippen molar-refractivity contribution in [1.82, 2.24) is 5.32 Å². The predicted octanol–water partition coefficient (Wildman–Crippen LogP) is 0.821. The number of methoxy groups -OCH3 is 1. The smallest absolute Gasteiger partial charge is 0.335 e. The van der Waals surface area contributed by atoms with Gasteiger partial charge in [-0.25, -0.2) is 4.79 Å². The van der Waals surface area contributed by atoms with Crippen LogP contribution in [0, 0.1) is 0 Å². The summed E-state index contributed by atoms with van der Waals surface area (Å²) in [6, 6.07) is 8.94. The summed E-state index contributed by atoms with van der Waals surface area (Å²) < 4.78 is 4.66. The first-order valence-corrected chi connectivity index (χ1v) is 4.50. The van der Waals surface area contributed by atoms with Crippen molar-refractivity contribution in [1.29, 1.82) is 0 Å². The van der Waals surface area contributed by atoms with E-state index in [1.54, 1.807) is 31.2 Å². The molecule has 1 aromatic carbocycles. The van der Waals surface area contributed by atoms with Crippen LogP contribution < -0.4 is 5.32 Å². The van der Waals surface area contributed by atoms with E-state index in [-0.39, 0.29) is 0 Å². The van der Waals surface area contributed by atoms with Gasteiger partial charge in [0.1, 0.15) is 0 Å². The second-order valence-electron chi connectivity index (χ2n) is 3.24. The van der Waals surface area contributed by atoms with Gasteiger partial charge in [-0.05, 0) is 12.5 Å². The minimum Gasteiger partial charge on any atom is -0.467 e. The number of nitrogens with one attached hydrogen (secondary N) is 1. The molecule has 0 aliphatic rings. The molecule has 0 radical (unpaired) electrons. The highest BCUT2D eigenvalue weighted by atomic mass is 16.5. The van der Waals surface area contributed by atoms with Crippen molar-refractivity contribution in [2.75, 3.05) is 7.11 Å². The Hall–Kier alpha value is -1.84. The van der Waals surface area contributed by atoms with Gasteiger partial charge in [0.25, 0.3) is 0 Å². The molecular formula is C11H13NO3. The molecule has 0 heterocycles. The van der Waals surface area contributed by atoms with Crippen molar-refractivity contribution < 1.29 is 14.3 Å². The van der Waals surface area contributed by atoms with Gasteiger partial charge in [0.05, 0.1) is 7.11 Å². The SMILES string of the molecule is COC(=O)[C@@](C)(NC=O)c1ccccc1. The highest BCUT2D eigenvalue weighted by molar-refractivity contribution is 5.84. The summed E-state index contributed by atoms with van der Waals surface area (Å²) in [6.07, 6.45) is 0.490. The number of hydrogen-bond donors (Lipinski definition) is 1. The summed E-state index contributed by atoms with van der Waals surface area (Å²) >= 11 is 0. The van der Waals surface area contributed by atoms with Gasteiger partial charge in [0.15, 0.2) is 5.54 Å². The molecule has 0 aliphatic heterocycles.